The van der Waals surface area contributed by atoms with Crippen LogP contribution >= 0.6 is 0 Å². The lowest BCUT2D eigenvalue weighted by molar-refractivity contribution is -0.137. The van der Waals surface area contributed by atoms with Crippen LogP contribution in [0.1, 0.15) is 89.9 Å². The molecular weight excluding hydrogens is 372 g/mol. The predicted octanol–water partition coefficient (Wildman–Crippen LogP) is 5.23. The molecule has 2 heterocycles. The van der Waals surface area contributed by atoms with Gasteiger partial charge in [-0.15, -0.1) is 0 Å². The molecule has 1 unspecified atom stereocenters. The molecule has 5 atom stereocenters. The van der Waals surface area contributed by atoms with E-state index in [9.17, 15) is 9.00 Å². The molecule has 0 aromatic rings. The number of carboxylic acids is 1. The highest BCUT2D eigenvalue weighted by molar-refractivity contribution is 7.85. The largest absolute Gasteiger partial charge is 0.481 e. The van der Waals surface area contributed by atoms with E-state index in [0.717, 1.165) is 31.4 Å². The van der Waals surface area contributed by atoms with E-state index in [1.807, 2.05) is 0 Å². The van der Waals surface area contributed by atoms with Gasteiger partial charge in [-0.05, 0) is 69.6 Å². The first-order chi connectivity index (χ1) is 13.6. The standard InChI is InChI=1S/C23H38O4S/c24-23(25)14-7-2-1-6-12-19-20(22-16-15-21(19)27-22)13-8-9-17-28(26)18-10-4-3-5-11-18/h1,6,18-22H,2-5,7-17H2,(H,24,25)/b6-1-/t19-,20+,21-,22+,28?/m1/s1. The molecule has 0 amide bonds. The summed E-state index contributed by atoms with van der Waals surface area (Å²) in [4.78, 5) is 10.6. The Balaban J connectivity index is 1.35. The lowest BCUT2D eigenvalue weighted by atomic mass is 9.75. The smallest absolute Gasteiger partial charge is 0.303 e. The van der Waals surface area contributed by atoms with E-state index in [1.165, 1.54) is 57.8 Å². The number of unbranched alkanes of at least 4 members (excludes halogenated alkanes) is 2. The molecule has 1 saturated carbocycles. The SMILES string of the molecule is O=C(O)CCC/C=C\C[C@@H]1[C@H](CCCCS(=O)C2CCCCC2)[C@@H]2CC[C@H]1O2. The first kappa shape index (κ1) is 22.0. The number of ether oxygens (including phenoxy) is 1. The molecule has 3 aliphatic rings. The summed E-state index contributed by atoms with van der Waals surface area (Å²) in [6.07, 6.45) is 20.3. The average molecular weight is 411 g/mol. The van der Waals surface area contributed by atoms with Crippen LogP contribution in [-0.4, -0.2) is 38.5 Å². The fraction of sp³-hybridized carbons (Fsp3) is 0.870. The molecule has 3 rings (SSSR count). The van der Waals surface area contributed by atoms with Gasteiger partial charge in [0.2, 0.25) is 0 Å². The maximum Gasteiger partial charge on any atom is 0.303 e. The Bertz CT molecular complexity index is 541. The van der Waals surface area contributed by atoms with Crippen LogP contribution in [0.15, 0.2) is 12.2 Å². The minimum Gasteiger partial charge on any atom is -0.481 e. The Morgan fingerprint density at radius 1 is 0.964 bits per heavy atom. The molecule has 28 heavy (non-hydrogen) atoms. The molecule has 0 aromatic heterocycles. The Hall–Kier alpha value is -0.680. The van der Waals surface area contributed by atoms with Gasteiger partial charge in [-0.25, -0.2) is 0 Å². The van der Waals surface area contributed by atoms with Gasteiger partial charge in [-0.3, -0.25) is 9.00 Å². The molecule has 1 aliphatic carbocycles. The first-order valence-electron chi connectivity index (χ1n) is 11.5. The van der Waals surface area contributed by atoms with Crippen molar-refractivity contribution in [2.45, 2.75) is 107 Å². The third kappa shape index (κ3) is 6.41. The van der Waals surface area contributed by atoms with E-state index in [4.69, 9.17) is 9.84 Å². The van der Waals surface area contributed by atoms with Crippen molar-refractivity contribution in [3.8, 4) is 0 Å². The van der Waals surface area contributed by atoms with Crippen LogP contribution in [-0.2, 0) is 20.3 Å². The number of rotatable bonds is 12. The van der Waals surface area contributed by atoms with Gasteiger partial charge in [0.05, 0.1) is 12.2 Å². The number of hydrogen-bond donors (Lipinski definition) is 1. The van der Waals surface area contributed by atoms with Crippen LogP contribution in [0.25, 0.3) is 0 Å². The summed E-state index contributed by atoms with van der Waals surface area (Å²) in [5.41, 5.74) is 0. The van der Waals surface area contributed by atoms with Crippen LogP contribution in [0, 0.1) is 11.8 Å². The number of allylic oxidation sites excluding steroid dienone is 2. The molecule has 4 nitrogen and oxygen atoms in total. The van der Waals surface area contributed by atoms with Gasteiger partial charge in [0.15, 0.2) is 0 Å². The molecule has 0 spiro atoms. The quantitative estimate of drug-likeness (QED) is 0.353. The highest BCUT2D eigenvalue weighted by Crippen LogP contribution is 2.47. The van der Waals surface area contributed by atoms with Gasteiger partial charge in [-0.2, -0.15) is 0 Å². The van der Waals surface area contributed by atoms with Gasteiger partial charge >= 0.3 is 5.97 Å². The third-order valence-electron chi connectivity index (χ3n) is 6.98. The van der Waals surface area contributed by atoms with Crippen LogP contribution in [0.3, 0.4) is 0 Å². The minimum atomic E-state index is -0.709. The summed E-state index contributed by atoms with van der Waals surface area (Å²) in [6.45, 7) is 0. The van der Waals surface area contributed by atoms with Gasteiger partial charge in [0.1, 0.15) is 0 Å². The Morgan fingerprint density at radius 2 is 1.71 bits per heavy atom. The minimum absolute atomic E-state index is 0.256. The maximum absolute atomic E-state index is 12.5. The van der Waals surface area contributed by atoms with Gasteiger partial charge in [0.25, 0.3) is 0 Å². The highest BCUT2D eigenvalue weighted by Gasteiger charge is 2.47. The molecule has 2 aliphatic heterocycles. The van der Waals surface area contributed by atoms with E-state index in [-0.39, 0.29) is 6.42 Å². The van der Waals surface area contributed by atoms with Crippen LogP contribution in [0.4, 0.5) is 0 Å². The second kappa shape index (κ2) is 11.5. The van der Waals surface area contributed by atoms with Crippen molar-refractivity contribution in [3.05, 3.63) is 12.2 Å². The summed E-state index contributed by atoms with van der Waals surface area (Å²) < 4.78 is 18.7. The zero-order valence-electron chi connectivity index (χ0n) is 17.2. The summed E-state index contributed by atoms with van der Waals surface area (Å²) >= 11 is 0. The predicted molar refractivity (Wildman–Crippen MR) is 114 cm³/mol. The first-order valence-corrected chi connectivity index (χ1v) is 12.9. The van der Waals surface area contributed by atoms with E-state index >= 15 is 0 Å². The normalized spacial score (nSPS) is 31.6. The molecule has 1 N–H and O–H groups in total. The number of fused-ring (bicyclic) bond motifs is 2. The second-order valence-corrected chi connectivity index (χ2v) is 10.8. The van der Waals surface area contributed by atoms with Crippen molar-refractivity contribution in [2.24, 2.45) is 11.8 Å². The molecule has 2 bridgehead atoms. The van der Waals surface area contributed by atoms with Crippen molar-refractivity contribution in [2.75, 3.05) is 5.75 Å². The van der Waals surface area contributed by atoms with Gasteiger partial charge in [0, 0.05) is 28.2 Å². The van der Waals surface area contributed by atoms with Crippen molar-refractivity contribution in [3.63, 3.8) is 0 Å². The van der Waals surface area contributed by atoms with E-state index in [2.05, 4.69) is 12.2 Å². The summed E-state index contributed by atoms with van der Waals surface area (Å²) in [7, 11) is -0.616. The molecule has 3 fully saturated rings. The molecule has 2 saturated heterocycles. The molecule has 0 aromatic carbocycles. The lowest BCUT2D eigenvalue weighted by Gasteiger charge is -2.27. The van der Waals surface area contributed by atoms with Crippen molar-refractivity contribution < 1.29 is 18.8 Å². The van der Waals surface area contributed by atoms with E-state index in [1.54, 1.807) is 0 Å². The maximum atomic E-state index is 12.5. The molecule has 0 radical (unpaired) electrons. The monoisotopic (exact) mass is 410 g/mol. The van der Waals surface area contributed by atoms with Crippen LogP contribution in [0.5, 0.6) is 0 Å². The van der Waals surface area contributed by atoms with Gasteiger partial charge in [-0.1, -0.05) is 37.8 Å². The topological polar surface area (TPSA) is 63.6 Å². The Labute approximate surface area is 173 Å². The number of carboxylic acid groups (broad SMARTS) is 1. The lowest BCUT2D eigenvalue weighted by Crippen LogP contribution is -2.27. The Kier molecular flexibility index (Phi) is 9.04. The second-order valence-electron chi connectivity index (χ2n) is 8.95. The van der Waals surface area contributed by atoms with E-state index in [0.29, 0.717) is 29.3 Å². The Morgan fingerprint density at radius 3 is 2.46 bits per heavy atom. The van der Waals surface area contributed by atoms with Crippen molar-refractivity contribution >= 4 is 16.8 Å². The fourth-order valence-corrected chi connectivity index (χ4v) is 7.14. The average Bonchev–Trinajstić information content (AvgIpc) is 3.30. The van der Waals surface area contributed by atoms with Gasteiger partial charge < -0.3 is 9.84 Å². The fourth-order valence-electron chi connectivity index (χ4n) is 5.46. The summed E-state index contributed by atoms with van der Waals surface area (Å²) in [5, 5.41) is 9.17. The molecule has 160 valence electrons. The number of hydrogen-bond acceptors (Lipinski definition) is 3. The zero-order valence-corrected chi connectivity index (χ0v) is 18.0. The number of carbonyl (C=O) groups is 1. The van der Waals surface area contributed by atoms with Crippen LogP contribution in [0.2, 0.25) is 0 Å². The third-order valence-corrected chi connectivity index (χ3v) is 8.89. The van der Waals surface area contributed by atoms with Crippen LogP contribution < -0.4 is 0 Å². The zero-order chi connectivity index (χ0) is 19.8. The molecule has 5 heteroatoms. The summed E-state index contributed by atoms with van der Waals surface area (Å²) in [6, 6.07) is 0. The highest BCUT2D eigenvalue weighted by atomic mass is 32.2. The van der Waals surface area contributed by atoms with Crippen molar-refractivity contribution in [1.82, 2.24) is 0 Å². The molecular formula is C23H38O4S. The summed E-state index contributed by atoms with van der Waals surface area (Å²) in [5.74, 6) is 1.46. The number of aliphatic carboxylic acids is 1. The van der Waals surface area contributed by atoms with Crippen molar-refractivity contribution in [1.29, 1.82) is 0 Å². The van der Waals surface area contributed by atoms with E-state index < -0.39 is 16.8 Å².